The van der Waals surface area contributed by atoms with Gasteiger partial charge < -0.3 is 0 Å². The second-order valence-electron chi connectivity index (χ2n) is 2.48. The predicted molar refractivity (Wildman–Crippen MR) is 61.1 cm³/mol. The van der Waals surface area contributed by atoms with Gasteiger partial charge in [0, 0.05) is 11.6 Å². The van der Waals surface area contributed by atoms with Gasteiger partial charge in [0.25, 0.3) is 0 Å². The molecule has 68 valence electrons. The summed E-state index contributed by atoms with van der Waals surface area (Å²) >= 11 is 9.06. The molecular formula is C9H8ClNS2. The predicted octanol–water partition coefficient (Wildman–Crippen LogP) is 3.63. The number of hydrogen-bond donors (Lipinski definition) is 0. The molecule has 4 heteroatoms. The molecule has 0 aliphatic rings. The van der Waals surface area contributed by atoms with E-state index in [1.54, 1.807) is 23.1 Å². The molecule has 2 rings (SSSR count). The lowest BCUT2D eigenvalue weighted by molar-refractivity contribution is 1.30. The third kappa shape index (κ3) is 2.16. The van der Waals surface area contributed by atoms with Crippen molar-refractivity contribution >= 4 is 44.9 Å². The second-order valence-corrected chi connectivity index (χ2v) is 5.24. The van der Waals surface area contributed by atoms with E-state index in [0.717, 1.165) is 15.6 Å². The molecule has 0 aliphatic heterocycles. The summed E-state index contributed by atoms with van der Waals surface area (Å²) in [6.07, 6.45) is 0. The van der Waals surface area contributed by atoms with E-state index in [1.165, 1.54) is 4.70 Å². The second kappa shape index (κ2) is 4.31. The average Bonchev–Trinajstić information content (AvgIpc) is 2.57. The van der Waals surface area contributed by atoms with Crippen molar-refractivity contribution in [3.05, 3.63) is 24.3 Å². The van der Waals surface area contributed by atoms with Gasteiger partial charge in [0.1, 0.15) is 0 Å². The quantitative estimate of drug-likeness (QED) is 0.589. The maximum Gasteiger partial charge on any atom is 0.151 e. The van der Waals surface area contributed by atoms with Gasteiger partial charge >= 0.3 is 0 Å². The topological polar surface area (TPSA) is 12.9 Å². The molecule has 0 N–H and O–H groups in total. The zero-order chi connectivity index (χ0) is 9.10. The van der Waals surface area contributed by atoms with Crippen molar-refractivity contribution < 1.29 is 0 Å². The van der Waals surface area contributed by atoms with Gasteiger partial charge in [-0.1, -0.05) is 23.9 Å². The SMILES string of the molecule is ClCCSc1nc2ccccc2s1. The Kier molecular flexibility index (Phi) is 3.09. The number of benzene rings is 1. The zero-order valence-electron chi connectivity index (χ0n) is 6.87. The summed E-state index contributed by atoms with van der Waals surface area (Å²) in [5, 5.41) is 0. The molecule has 0 bridgehead atoms. The number of fused-ring (bicyclic) bond motifs is 1. The molecule has 0 saturated heterocycles. The molecule has 0 atom stereocenters. The Labute approximate surface area is 90.1 Å². The minimum atomic E-state index is 0.681. The van der Waals surface area contributed by atoms with E-state index in [0.29, 0.717) is 5.88 Å². The smallest absolute Gasteiger partial charge is 0.151 e. The van der Waals surface area contributed by atoms with Crippen molar-refractivity contribution in [1.82, 2.24) is 4.98 Å². The summed E-state index contributed by atoms with van der Waals surface area (Å²) < 4.78 is 2.36. The van der Waals surface area contributed by atoms with Gasteiger partial charge in [-0.25, -0.2) is 4.98 Å². The van der Waals surface area contributed by atoms with Crippen molar-refractivity contribution in [2.45, 2.75) is 4.34 Å². The van der Waals surface area contributed by atoms with Gasteiger partial charge in [-0.05, 0) is 12.1 Å². The van der Waals surface area contributed by atoms with Crippen LogP contribution in [0, 0.1) is 0 Å². The van der Waals surface area contributed by atoms with Crippen LogP contribution in [0.2, 0.25) is 0 Å². The van der Waals surface area contributed by atoms with Crippen molar-refractivity contribution in [3.63, 3.8) is 0 Å². The first-order valence-electron chi connectivity index (χ1n) is 3.94. The van der Waals surface area contributed by atoms with Crippen LogP contribution in [-0.2, 0) is 0 Å². The van der Waals surface area contributed by atoms with Gasteiger partial charge in [0.15, 0.2) is 4.34 Å². The van der Waals surface area contributed by atoms with Gasteiger partial charge in [0.05, 0.1) is 10.2 Å². The monoisotopic (exact) mass is 229 g/mol. The first kappa shape index (κ1) is 9.31. The molecule has 1 nitrogen and oxygen atoms in total. The van der Waals surface area contributed by atoms with Gasteiger partial charge in [0.2, 0.25) is 0 Å². The summed E-state index contributed by atoms with van der Waals surface area (Å²) in [7, 11) is 0. The van der Waals surface area contributed by atoms with E-state index in [9.17, 15) is 0 Å². The molecule has 0 saturated carbocycles. The fourth-order valence-electron chi connectivity index (χ4n) is 1.04. The largest absolute Gasteiger partial charge is 0.230 e. The van der Waals surface area contributed by atoms with Crippen molar-refractivity contribution in [2.75, 3.05) is 11.6 Å². The van der Waals surface area contributed by atoms with Crippen LogP contribution in [0.4, 0.5) is 0 Å². The maximum atomic E-state index is 5.61. The number of alkyl halides is 1. The van der Waals surface area contributed by atoms with E-state index in [-0.39, 0.29) is 0 Å². The molecule has 0 amide bonds. The Hall–Kier alpha value is -0.250. The van der Waals surface area contributed by atoms with E-state index < -0.39 is 0 Å². The summed E-state index contributed by atoms with van der Waals surface area (Å²) in [4.78, 5) is 4.47. The Bertz CT molecular complexity index is 366. The van der Waals surface area contributed by atoms with Crippen LogP contribution in [0.25, 0.3) is 10.2 Å². The van der Waals surface area contributed by atoms with Crippen LogP contribution in [0.1, 0.15) is 0 Å². The third-order valence-corrected chi connectivity index (χ3v) is 4.17. The van der Waals surface area contributed by atoms with Crippen molar-refractivity contribution in [1.29, 1.82) is 0 Å². The zero-order valence-corrected chi connectivity index (χ0v) is 9.25. The van der Waals surface area contributed by atoms with E-state index >= 15 is 0 Å². The minimum absolute atomic E-state index is 0.681. The Balaban J connectivity index is 2.28. The Morgan fingerprint density at radius 3 is 3.00 bits per heavy atom. The Morgan fingerprint density at radius 1 is 1.38 bits per heavy atom. The van der Waals surface area contributed by atoms with E-state index in [4.69, 9.17) is 11.6 Å². The Morgan fingerprint density at radius 2 is 2.23 bits per heavy atom. The standard InChI is InChI=1S/C9H8ClNS2/c10-5-6-12-9-11-7-3-1-2-4-8(7)13-9/h1-4H,5-6H2. The molecule has 1 aromatic carbocycles. The number of rotatable bonds is 3. The van der Waals surface area contributed by atoms with E-state index in [2.05, 4.69) is 11.1 Å². The lowest BCUT2D eigenvalue weighted by Gasteiger charge is -1.88. The normalized spacial score (nSPS) is 10.8. The fourth-order valence-corrected chi connectivity index (χ4v) is 3.14. The van der Waals surface area contributed by atoms with Crippen LogP contribution in [-0.4, -0.2) is 16.6 Å². The first-order chi connectivity index (χ1) is 6.40. The minimum Gasteiger partial charge on any atom is -0.230 e. The molecule has 0 unspecified atom stereocenters. The molecular weight excluding hydrogens is 222 g/mol. The highest BCUT2D eigenvalue weighted by Gasteiger charge is 2.01. The highest BCUT2D eigenvalue weighted by atomic mass is 35.5. The molecule has 1 heterocycles. The number of thioether (sulfide) groups is 1. The van der Waals surface area contributed by atoms with Gasteiger partial charge in [-0.3, -0.25) is 0 Å². The van der Waals surface area contributed by atoms with Gasteiger partial charge in [-0.2, -0.15) is 0 Å². The van der Waals surface area contributed by atoms with Crippen LogP contribution >= 0.6 is 34.7 Å². The molecule has 0 fully saturated rings. The molecule has 0 radical (unpaired) electrons. The lowest BCUT2D eigenvalue weighted by atomic mass is 10.3. The number of nitrogens with zero attached hydrogens (tertiary/aromatic N) is 1. The number of aromatic nitrogens is 1. The summed E-state index contributed by atoms with van der Waals surface area (Å²) in [5.74, 6) is 1.61. The van der Waals surface area contributed by atoms with E-state index in [1.807, 2.05) is 18.2 Å². The first-order valence-corrected chi connectivity index (χ1v) is 6.28. The molecule has 0 aliphatic carbocycles. The van der Waals surface area contributed by atoms with Crippen LogP contribution in [0.3, 0.4) is 0 Å². The van der Waals surface area contributed by atoms with Crippen LogP contribution < -0.4 is 0 Å². The van der Waals surface area contributed by atoms with Crippen molar-refractivity contribution in [3.8, 4) is 0 Å². The number of para-hydroxylation sites is 1. The highest BCUT2D eigenvalue weighted by molar-refractivity contribution is 8.01. The lowest BCUT2D eigenvalue weighted by Crippen LogP contribution is -1.77. The van der Waals surface area contributed by atoms with Crippen molar-refractivity contribution in [2.24, 2.45) is 0 Å². The average molecular weight is 230 g/mol. The fraction of sp³-hybridized carbons (Fsp3) is 0.222. The number of halogens is 1. The van der Waals surface area contributed by atoms with Gasteiger partial charge in [-0.15, -0.1) is 22.9 Å². The molecule has 1 aromatic heterocycles. The summed E-state index contributed by atoms with van der Waals surface area (Å²) in [5.41, 5.74) is 1.09. The summed E-state index contributed by atoms with van der Waals surface area (Å²) in [6.45, 7) is 0. The van der Waals surface area contributed by atoms with Crippen LogP contribution in [0.5, 0.6) is 0 Å². The maximum absolute atomic E-state index is 5.61. The third-order valence-electron chi connectivity index (χ3n) is 1.58. The molecule has 0 spiro atoms. The number of hydrogen-bond acceptors (Lipinski definition) is 3. The van der Waals surface area contributed by atoms with Crippen LogP contribution in [0.15, 0.2) is 28.6 Å². The summed E-state index contributed by atoms with van der Waals surface area (Å²) in [6, 6.07) is 8.18. The molecule has 13 heavy (non-hydrogen) atoms. The highest BCUT2D eigenvalue weighted by Crippen LogP contribution is 2.28. The molecule has 2 aromatic rings. The number of thiazole rings is 1.